The van der Waals surface area contributed by atoms with Crippen LogP contribution < -0.4 is 5.32 Å². The number of rotatable bonds is 4. The van der Waals surface area contributed by atoms with Crippen LogP contribution in [-0.4, -0.2) is 6.54 Å². The van der Waals surface area contributed by atoms with Crippen molar-refractivity contribution in [2.75, 3.05) is 6.54 Å². The van der Waals surface area contributed by atoms with Crippen molar-refractivity contribution in [1.82, 2.24) is 5.32 Å². The highest BCUT2D eigenvalue weighted by Gasteiger charge is 2.17. The van der Waals surface area contributed by atoms with Gasteiger partial charge in [-0.05, 0) is 44.7 Å². The van der Waals surface area contributed by atoms with E-state index in [4.69, 9.17) is 0 Å². The van der Waals surface area contributed by atoms with Gasteiger partial charge in [0.05, 0.1) is 0 Å². The summed E-state index contributed by atoms with van der Waals surface area (Å²) in [6, 6.07) is 9.33. The van der Waals surface area contributed by atoms with Gasteiger partial charge in [0.15, 0.2) is 0 Å². The molecular formula is C14H21N. The monoisotopic (exact) mass is 203 g/mol. The lowest BCUT2D eigenvalue weighted by Gasteiger charge is -2.27. The van der Waals surface area contributed by atoms with Gasteiger partial charge in [-0.2, -0.15) is 0 Å². The molecule has 1 aromatic rings. The molecule has 1 aromatic carbocycles. The Morgan fingerprint density at radius 2 is 1.93 bits per heavy atom. The molecule has 1 aliphatic rings. The van der Waals surface area contributed by atoms with Crippen molar-refractivity contribution in [3.05, 3.63) is 35.4 Å². The van der Waals surface area contributed by atoms with Crippen molar-refractivity contribution in [2.24, 2.45) is 5.92 Å². The molecule has 2 rings (SSSR count). The zero-order valence-electron chi connectivity index (χ0n) is 9.79. The minimum Gasteiger partial charge on any atom is -0.310 e. The van der Waals surface area contributed by atoms with E-state index >= 15 is 0 Å². The van der Waals surface area contributed by atoms with Gasteiger partial charge in [0.2, 0.25) is 0 Å². The molecule has 0 saturated heterocycles. The van der Waals surface area contributed by atoms with E-state index in [2.05, 4.69) is 43.4 Å². The van der Waals surface area contributed by atoms with Gasteiger partial charge >= 0.3 is 0 Å². The van der Waals surface area contributed by atoms with E-state index in [0.717, 1.165) is 5.92 Å². The zero-order chi connectivity index (χ0) is 10.7. The number of hydrogen-bond donors (Lipinski definition) is 1. The first-order valence-corrected chi connectivity index (χ1v) is 6.05. The molecule has 1 heteroatoms. The van der Waals surface area contributed by atoms with Crippen molar-refractivity contribution in [1.29, 1.82) is 0 Å². The Balaban J connectivity index is 1.83. The Labute approximate surface area is 92.9 Å². The molecule has 1 atom stereocenters. The van der Waals surface area contributed by atoms with Gasteiger partial charge < -0.3 is 5.32 Å². The molecule has 15 heavy (non-hydrogen) atoms. The molecule has 1 N–H and O–H groups in total. The van der Waals surface area contributed by atoms with Crippen molar-refractivity contribution in [2.45, 2.75) is 39.2 Å². The van der Waals surface area contributed by atoms with E-state index in [9.17, 15) is 0 Å². The number of nitrogens with one attached hydrogen (secondary N) is 1. The second-order valence-corrected chi connectivity index (χ2v) is 4.84. The number of benzene rings is 1. The topological polar surface area (TPSA) is 12.0 Å². The maximum Gasteiger partial charge on any atom is 0.0291 e. The van der Waals surface area contributed by atoms with Gasteiger partial charge in [0, 0.05) is 6.04 Å². The second-order valence-electron chi connectivity index (χ2n) is 4.84. The van der Waals surface area contributed by atoms with E-state index in [1.807, 2.05) is 0 Å². The summed E-state index contributed by atoms with van der Waals surface area (Å²) >= 11 is 0. The third-order valence-electron chi connectivity index (χ3n) is 3.51. The first-order valence-electron chi connectivity index (χ1n) is 6.05. The third kappa shape index (κ3) is 2.82. The largest absolute Gasteiger partial charge is 0.310 e. The van der Waals surface area contributed by atoms with Crippen LogP contribution in [0.15, 0.2) is 24.3 Å². The zero-order valence-corrected chi connectivity index (χ0v) is 9.79. The Hall–Kier alpha value is -0.820. The summed E-state index contributed by atoms with van der Waals surface area (Å²) in [4.78, 5) is 0. The Morgan fingerprint density at radius 1 is 1.27 bits per heavy atom. The van der Waals surface area contributed by atoms with Gasteiger partial charge in [-0.15, -0.1) is 0 Å². The molecule has 0 heterocycles. The lowest BCUT2D eigenvalue weighted by Crippen LogP contribution is -2.29. The average molecular weight is 203 g/mol. The fraction of sp³-hybridized carbons (Fsp3) is 0.571. The Morgan fingerprint density at radius 3 is 2.47 bits per heavy atom. The van der Waals surface area contributed by atoms with Gasteiger partial charge in [0.1, 0.15) is 0 Å². The van der Waals surface area contributed by atoms with Crippen LogP contribution in [0.25, 0.3) is 0 Å². The van der Waals surface area contributed by atoms with Crippen LogP contribution in [0.1, 0.15) is 43.4 Å². The summed E-state index contributed by atoms with van der Waals surface area (Å²) in [5, 5.41) is 3.62. The van der Waals surface area contributed by atoms with Crippen LogP contribution in [0.5, 0.6) is 0 Å². The fourth-order valence-corrected chi connectivity index (χ4v) is 2.01. The highest BCUT2D eigenvalue weighted by molar-refractivity contribution is 5.23. The minimum atomic E-state index is 0.492. The molecule has 0 aliphatic heterocycles. The van der Waals surface area contributed by atoms with Crippen molar-refractivity contribution < 1.29 is 0 Å². The normalized spacial score (nSPS) is 18.5. The van der Waals surface area contributed by atoms with Crippen LogP contribution in [0.4, 0.5) is 0 Å². The smallest absolute Gasteiger partial charge is 0.0291 e. The molecule has 1 saturated carbocycles. The molecule has 82 valence electrons. The second kappa shape index (κ2) is 4.80. The predicted octanol–water partition coefficient (Wildman–Crippen LogP) is 3.45. The predicted molar refractivity (Wildman–Crippen MR) is 64.9 cm³/mol. The van der Waals surface area contributed by atoms with E-state index in [0.29, 0.717) is 6.04 Å². The molecular weight excluding hydrogens is 182 g/mol. The quantitative estimate of drug-likeness (QED) is 0.790. The summed E-state index contributed by atoms with van der Waals surface area (Å²) in [5.74, 6) is 0.942. The number of aryl methyl sites for hydroxylation is 1. The van der Waals surface area contributed by atoms with Crippen LogP contribution in [0.2, 0.25) is 0 Å². The first kappa shape index (κ1) is 10.7. The molecule has 1 aliphatic carbocycles. The van der Waals surface area contributed by atoms with Crippen LogP contribution in [-0.2, 0) is 0 Å². The summed E-state index contributed by atoms with van der Waals surface area (Å²) < 4.78 is 0. The summed E-state index contributed by atoms with van der Waals surface area (Å²) in [7, 11) is 0. The molecule has 0 radical (unpaired) electrons. The highest BCUT2D eigenvalue weighted by atomic mass is 14.9. The van der Waals surface area contributed by atoms with Gasteiger partial charge in [-0.1, -0.05) is 36.2 Å². The van der Waals surface area contributed by atoms with E-state index in [1.165, 1.54) is 36.9 Å². The van der Waals surface area contributed by atoms with Crippen molar-refractivity contribution >= 4 is 0 Å². The molecule has 1 unspecified atom stereocenters. The van der Waals surface area contributed by atoms with E-state index < -0.39 is 0 Å². The molecule has 0 amide bonds. The summed E-state index contributed by atoms with van der Waals surface area (Å²) in [6.07, 6.45) is 4.28. The SMILES string of the molecule is Cc1ccc(C(C)NCC2CCC2)cc1. The molecule has 0 bridgehead atoms. The maximum atomic E-state index is 3.62. The van der Waals surface area contributed by atoms with Crippen LogP contribution in [0.3, 0.4) is 0 Å². The van der Waals surface area contributed by atoms with Gasteiger partial charge in [-0.25, -0.2) is 0 Å². The molecule has 1 fully saturated rings. The van der Waals surface area contributed by atoms with Crippen LogP contribution >= 0.6 is 0 Å². The fourth-order valence-electron chi connectivity index (χ4n) is 2.01. The lowest BCUT2D eigenvalue weighted by atomic mass is 9.85. The van der Waals surface area contributed by atoms with Gasteiger partial charge in [-0.3, -0.25) is 0 Å². The van der Waals surface area contributed by atoms with Crippen molar-refractivity contribution in [3.63, 3.8) is 0 Å². The van der Waals surface area contributed by atoms with Crippen LogP contribution in [0, 0.1) is 12.8 Å². The third-order valence-corrected chi connectivity index (χ3v) is 3.51. The van der Waals surface area contributed by atoms with E-state index in [-0.39, 0.29) is 0 Å². The van der Waals surface area contributed by atoms with Gasteiger partial charge in [0.25, 0.3) is 0 Å². The molecule has 0 spiro atoms. The summed E-state index contributed by atoms with van der Waals surface area (Å²) in [5.41, 5.74) is 2.74. The minimum absolute atomic E-state index is 0.492. The average Bonchev–Trinajstić information content (AvgIpc) is 2.16. The van der Waals surface area contributed by atoms with Crippen molar-refractivity contribution in [3.8, 4) is 0 Å². The molecule has 1 nitrogen and oxygen atoms in total. The lowest BCUT2D eigenvalue weighted by molar-refractivity contribution is 0.292. The Bertz CT molecular complexity index is 298. The highest BCUT2D eigenvalue weighted by Crippen LogP contribution is 2.26. The number of hydrogen-bond acceptors (Lipinski definition) is 1. The Kier molecular flexibility index (Phi) is 3.42. The maximum absolute atomic E-state index is 3.62. The summed E-state index contributed by atoms with van der Waals surface area (Å²) in [6.45, 7) is 5.58. The standard InChI is InChI=1S/C14H21N/c1-11-6-8-14(9-7-11)12(2)15-10-13-4-3-5-13/h6-9,12-13,15H,3-5,10H2,1-2H3. The first-order chi connectivity index (χ1) is 7.25. The van der Waals surface area contributed by atoms with E-state index in [1.54, 1.807) is 0 Å². The molecule has 0 aromatic heterocycles.